The Morgan fingerprint density at radius 2 is 1.64 bits per heavy atom. The Labute approximate surface area is 134 Å². The van der Waals surface area contributed by atoms with E-state index in [1.807, 2.05) is 6.07 Å². The van der Waals surface area contributed by atoms with Crippen molar-refractivity contribution in [1.29, 1.82) is 0 Å². The van der Waals surface area contributed by atoms with Gasteiger partial charge in [-0.3, -0.25) is 4.55 Å². The van der Waals surface area contributed by atoms with Crippen molar-refractivity contribution in [3.05, 3.63) is 29.8 Å². The highest BCUT2D eigenvalue weighted by Crippen LogP contribution is 2.28. The molecule has 1 aromatic rings. The Bertz CT molecular complexity index is 545. The molecule has 0 amide bonds. The quantitative estimate of drug-likeness (QED) is 0.540. The Balaban J connectivity index is 1.67. The Morgan fingerprint density at radius 1 is 0.955 bits per heavy atom. The molecule has 124 valence electrons. The first-order chi connectivity index (χ1) is 10.6. The van der Waals surface area contributed by atoms with Crippen LogP contribution in [0.5, 0.6) is 0 Å². The second kappa shape index (κ2) is 8.68. The molecule has 4 heteroatoms. The van der Waals surface area contributed by atoms with Crippen LogP contribution in [0.15, 0.2) is 29.2 Å². The van der Waals surface area contributed by atoms with E-state index in [1.54, 1.807) is 12.1 Å². The molecule has 3 nitrogen and oxygen atoms in total. The van der Waals surface area contributed by atoms with Crippen LogP contribution < -0.4 is 0 Å². The fraction of sp³-hybridized carbons (Fsp3) is 0.667. The van der Waals surface area contributed by atoms with Gasteiger partial charge in [-0.1, -0.05) is 76.0 Å². The maximum absolute atomic E-state index is 11.3. The maximum Gasteiger partial charge on any atom is 0.294 e. The lowest BCUT2D eigenvalue weighted by atomic mass is 9.85. The zero-order chi connectivity index (χ0) is 15.8. The number of benzene rings is 1. The van der Waals surface area contributed by atoms with Gasteiger partial charge in [0.1, 0.15) is 0 Å². The van der Waals surface area contributed by atoms with Crippen LogP contribution in [0.1, 0.15) is 69.8 Å². The molecule has 0 unspecified atom stereocenters. The van der Waals surface area contributed by atoms with E-state index in [0.29, 0.717) is 0 Å². The van der Waals surface area contributed by atoms with Crippen molar-refractivity contribution >= 4 is 10.1 Å². The average molecular weight is 324 g/mol. The topological polar surface area (TPSA) is 54.4 Å². The van der Waals surface area contributed by atoms with E-state index >= 15 is 0 Å². The van der Waals surface area contributed by atoms with Gasteiger partial charge in [-0.25, -0.2) is 0 Å². The van der Waals surface area contributed by atoms with Crippen molar-refractivity contribution in [2.45, 2.75) is 75.5 Å². The number of rotatable bonds is 8. The normalized spacial score (nSPS) is 16.8. The van der Waals surface area contributed by atoms with Crippen molar-refractivity contribution in [1.82, 2.24) is 0 Å². The van der Waals surface area contributed by atoms with E-state index < -0.39 is 10.1 Å². The van der Waals surface area contributed by atoms with Crippen LogP contribution in [0.3, 0.4) is 0 Å². The van der Waals surface area contributed by atoms with Gasteiger partial charge in [-0.2, -0.15) is 8.42 Å². The zero-order valence-electron chi connectivity index (χ0n) is 13.3. The first-order valence-electron chi connectivity index (χ1n) is 8.63. The van der Waals surface area contributed by atoms with Gasteiger partial charge >= 0.3 is 0 Å². The van der Waals surface area contributed by atoms with Gasteiger partial charge in [0.2, 0.25) is 0 Å². The number of hydrogen-bond donors (Lipinski definition) is 1. The van der Waals surface area contributed by atoms with Crippen molar-refractivity contribution in [3.63, 3.8) is 0 Å². The minimum Gasteiger partial charge on any atom is -0.282 e. The molecule has 1 aliphatic carbocycles. The predicted molar refractivity (Wildman–Crippen MR) is 89.6 cm³/mol. The van der Waals surface area contributed by atoms with Crippen molar-refractivity contribution in [3.8, 4) is 0 Å². The molecule has 0 aliphatic heterocycles. The van der Waals surface area contributed by atoms with E-state index in [-0.39, 0.29) is 4.90 Å². The lowest BCUT2D eigenvalue weighted by Gasteiger charge is -2.21. The van der Waals surface area contributed by atoms with E-state index in [1.165, 1.54) is 57.4 Å². The summed E-state index contributed by atoms with van der Waals surface area (Å²) in [7, 11) is -4.10. The van der Waals surface area contributed by atoms with Gasteiger partial charge < -0.3 is 0 Å². The first kappa shape index (κ1) is 17.5. The number of hydrogen-bond acceptors (Lipinski definition) is 2. The van der Waals surface area contributed by atoms with Gasteiger partial charge in [0.05, 0.1) is 4.90 Å². The first-order valence-corrected chi connectivity index (χ1v) is 10.1. The van der Waals surface area contributed by atoms with Crippen LogP contribution in [-0.2, 0) is 16.5 Å². The molecule has 0 spiro atoms. The zero-order valence-corrected chi connectivity index (χ0v) is 14.2. The van der Waals surface area contributed by atoms with E-state index in [0.717, 1.165) is 30.7 Å². The fourth-order valence-electron chi connectivity index (χ4n) is 3.54. The standard InChI is InChI=1S/C18H28O3S/c19-22(20,21)18-15-9-8-14-17(18)13-7-2-1-4-10-16-11-5-3-6-12-16/h8-9,14-16H,1-7,10-13H2,(H,19,20,21). The maximum atomic E-state index is 11.3. The molecule has 0 bridgehead atoms. The van der Waals surface area contributed by atoms with E-state index in [2.05, 4.69) is 0 Å². The Kier molecular flexibility index (Phi) is 6.90. The SMILES string of the molecule is O=S(=O)(O)c1ccccc1CCCCCCC1CCCCC1. The second-order valence-corrected chi connectivity index (χ2v) is 7.93. The summed E-state index contributed by atoms with van der Waals surface area (Å²) in [5, 5.41) is 0. The molecule has 1 N–H and O–H groups in total. The summed E-state index contributed by atoms with van der Waals surface area (Å²) in [5.41, 5.74) is 0.734. The summed E-state index contributed by atoms with van der Waals surface area (Å²) in [6.45, 7) is 0. The third kappa shape index (κ3) is 5.73. The van der Waals surface area contributed by atoms with Gasteiger partial charge in [0.25, 0.3) is 10.1 Å². The van der Waals surface area contributed by atoms with Crippen LogP contribution in [0.4, 0.5) is 0 Å². The molecule has 0 aromatic heterocycles. The third-order valence-corrected chi connectivity index (χ3v) is 5.74. The summed E-state index contributed by atoms with van der Waals surface area (Å²) in [4.78, 5) is 0.0669. The summed E-state index contributed by atoms with van der Waals surface area (Å²) in [6.07, 6.45) is 13.8. The molecule has 1 fully saturated rings. The molecule has 1 saturated carbocycles. The predicted octanol–water partition coefficient (Wildman–Crippen LogP) is 5.01. The lowest BCUT2D eigenvalue weighted by Crippen LogP contribution is -2.05. The molecule has 1 aromatic carbocycles. The van der Waals surface area contributed by atoms with Crippen LogP contribution >= 0.6 is 0 Å². The monoisotopic (exact) mass is 324 g/mol. The number of unbranched alkanes of at least 4 members (excludes halogenated alkanes) is 3. The number of aryl methyl sites for hydroxylation is 1. The molecule has 0 atom stereocenters. The summed E-state index contributed by atoms with van der Waals surface area (Å²) < 4.78 is 31.9. The van der Waals surface area contributed by atoms with Crippen molar-refractivity contribution < 1.29 is 13.0 Å². The molecular weight excluding hydrogens is 296 g/mol. The Hall–Kier alpha value is -0.870. The van der Waals surface area contributed by atoms with E-state index in [4.69, 9.17) is 0 Å². The molecule has 0 heterocycles. The highest BCUT2D eigenvalue weighted by Gasteiger charge is 2.14. The summed E-state index contributed by atoms with van der Waals surface area (Å²) in [6, 6.07) is 6.75. The van der Waals surface area contributed by atoms with Gasteiger partial charge in [0, 0.05) is 0 Å². The molecule has 1 aliphatic rings. The second-order valence-electron chi connectivity index (χ2n) is 6.54. The van der Waals surface area contributed by atoms with Crippen molar-refractivity contribution in [2.75, 3.05) is 0 Å². The molecule has 0 radical (unpaired) electrons. The minimum absolute atomic E-state index is 0.0669. The summed E-state index contributed by atoms with van der Waals surface area (Å²) >= 11 is 0. The van der Waals surface area contributed by atoms with Crippen LogP contribution in [-0.4, -0.2) is 13.0 Å². The molecule has 2 rings (SSSR count). The molecular formula is C18H28O3S. The largest absolute Gasteiger partial charge is 0.294 e. The smallest absolute Gasteiger partial charge is 0.282 e. The molecule has 0 saturated heterocycles. The summed E-state index contributed by atoms with van der Waals surface area (Å²) in [5.74, 6) is 0.953. The van der Waals surface area contributed by atoms with Crippen LogP contribution in [0.25, 0.3) is 0 Å². The average Bonchev–Trinajstić information content (AvgIpc) is 2.51. The highest BCUT2D eigenvalue weighted by atomic mass is 32.2. The van der Waals surface area contributed by atoms with E-state index in [9.17, 15) is 13.0 Å². The van der Waals surface area contributed by atoms with Crippen LogP contribution in [0.2, 0.25) is 0 Å². The third-order valence-electron chi connectivity index (χ3n) is 4.78. The molecule has 22 heavy (non-hydrogen) atoms. The Morgan fingerprint density at radius 3 is 2.36 bits per heavy atom. The lowest BCUT2D eigenvalue weighted by molar-refractivity contribution is 0.328. The van der Waals surface area contributed by atoms with Gasteiger partial charge in [-0.15, -0.1) is 0 Å². The fourth-order valence-corrected chi connectivity index (χ4v) is 4.29. The minimum atomic E-state index is -4.10. The highest BCUT2D eigenvalue weighted by molar-refractivity contribution is 7.85. The van der Waals surface area contributed by atoms with Crippen LogP contribution in [0, 0.1) is 5.92 Å². The van der Waals surface area contributed by atoms with Crippen molar-refractivity contribution in [2.24, 2.45) is 5.92 Å². The van der Waals surface area contributed by atoms with Gasteiger partial charge in [-0.05, 0) is 30.4 Å². The van der Waals surface area contributed by atoms with Gasteiger partial charge in [0.15, 0.2) is 0 Å².